The van der Waals surface area contributed by atoms with E-state index in [9.17, 15) is 10.1 Å². The van der Waals surface area contributed by atoms with Crippen LogP contribution in [0.2, 0.25) is 0 Å². The quantitative estimate of drug-likeness (QED) is 0.607. The molecule has 15 heavy (non-hydrogen) atoms. The van der Waals surface area contributed by atoms with Crippen molar-refractivity contribution in [1.82, 2.24) is 0 Å². The SMILES string of the molecule is Cc1ccc([N+](=O)[O-])cc1OC[C@@H](C)O. The van der Waals surface area contributed by atoms with Crippen LogP contribution in [0.3, 0.4) is 0 Å². The number of aryl methyl sites for hydroxylation is 1. The molecule has 1 N–H and O–H groups in total. The summed E-state index contributed by atoms with van der Waals surface area (Å²) in [7, 11) is 0. The third-order valence-electron chi connectivity index (χ3n) is 1.86. The molecule has 82 valence electrons. The zero-order chi connectivity index (χ0) is 11.4. The zero-order valence-corrected chi connectivity index (χ0v) is 8.64. The van der Waals surface area contributed by atoms with E-state index in [0.29, 0.717) is 5.75 Å². The fourth-order valence-electron chi connectivity index (χ4n) is 1.07. The molecule has 0 aromatic heterocycles. The average Bonchev–Trinajstić information content (AvgIpc) is 2.16. The smallest absolute Gasteiger partial charge is 0.273 e. The number of nitrogens with zero attached hydrogens (tertiary/aromatic N) is 1. The zero-order valence-electron chi connectivity index (χ0n) is 8.64. The first-order valence-electron chi connectivity index (χ1n) is 4.56. The summed E-state index contributed by atoms with van der Waals surface area (Å²) in [6, 6.07) is 4.40. The maximum Gasteiger partial charge on any atom is 0.273 e. The Morgan fingerprint density at radius 2 is 2.27 bits per heavy atom. The topological polar surface area (TPSA) is 72.6 Å². The first-order valence-corrected chi connectivity index (χ1v) is 4.56. The van der Waals surface area contributed by atoms with Crippen LogP contribution in [-0.4, -0.2) is 22.7 Å². The van der Waals surface area contributed by atoms with E-state index in [1.807, 2.05) is 0 Å². The van der Waals surface area contributed by atoms with Crippen molar-refractivity contribution in [3.05, 3.63) is 33.9 Å². The second-order valence-electron chi connectivity index (χ2n) is 3.37. The molecule has 0 saturated heterocycles. The summed E-state index contributed by atoms with van der Waals surface area (Å²) in [5, 5.41) is 19.5. The summed E-state index contributed by atoms with van der Waals surface area (Å²) in [5.74, 6) is 0.435. The van der Waals surface area contributed by atoms with Crippen LogP contribution in [0.25, 0.3) is 0 Å². The van der Waals surface area contributed by atoms with E-state index in [0.717, 1.165) is 5.56 Å². The van der Waals surface area contributed by atoms with Gasteiger partial charge in [0.05, 0.1) is 17.1 Å². The molecule has 0 unspecified atom stereocenters. The van der Waals surface area contributed by atoms with Gasteiger partial charge in [-0.1, -0.05) is 0 Å². The Labute approximate surface area is 87.5 Å². The van der Waals surface area contributed by atoms with Gasteiger partial charge in [0.2, 0.25) is 0 Å². The lowest BCUT2D eigenvalue weighted by molar-refractivity contribution is -0.385. The van der Waals surface area contributed by atoms with Crippen LogP contribution in [0.15, 0.2) is 18.2 Å². The van der Waals surface area contributed by atoms with Crippen molar-refractivity contribution in [3.63, 3.8) is 0 Å². The predicted octanol–water partition coefficient (Wildman–Crippen LogP) is 1.66. The van der Waals surface area contributed by atoms with Crippen molar-refractivity contribution < 1.29 is 14.8 Å². The molecule has 0 amide bonds. The van der Waals surface area contributed by atoms with Gasteiger partial charge < -0.3 is 9.84 Å². The highest BCUT2D eigenvalue weighted by Gasteiger charge is 2.09. The minimum atomic E-state index is -0.594. The standard InChI is InChI=1S/C10H13NO4/c1-7-3-4-9(11(13)14)5-10(7)15-6-8(2)12/h3-5,8,12H,6H2,1-2H3/t8-/m1/s1. The van der Waals surface area contributed by atoms with Crippen LogP contribution >= 0.6 is 0 Å². The molecule has 0 radical (unpaired) electrons. The Balaban J connectivity index is 2.85. The molecule has 5 nitrogen and oxygen atoms in total. The van der Waals surface area contributed by atoms with Crippen molar-refractivity contribution in [2.45, 2.75) is 20.0 Å². The molecule has 0 aliphatic heterocycles. The molecule has 0 aliphatic rings. The fourth-order valence-corrected chi connectivity index (χ4v) is 1.07. The van der Waals surface area contributed by atoms with Crippen LogP contribution < -0.4 is 4.74 Å². The summed E-state index contributed by atoms with van der Waals surface area (Å²) < 4.78 is 5.23. The Kier molecular flexibility index (Phi) is 3.62. The number of aliphatic hydroxyl groups excluding tert-OH is 1. The lowest BCUT2D eigenvalue weighted by Gasteiger charge is -2.10. The Morgan fingerprint density at radius 1 is 1.60 bits per heavy atom. The van der Waals surface area contributed by atoms with Gasteiger partial charge in [0.15, 0.2) is 0 Å². The van der Waals surface area contributed by atoms with E-state index < -0.39 is 11.0 Å². The molecule has 1 rings (SSSR count). The van der Waals surface area contributed by atoms with Crippen LogP contribution in [0.5, 0.6) is 5.75 Å². The lowest BCUT2D eigenvalue weighted by atomic mass is 10.2. The Morgan fingerprint density at radius 3 is 2.80 bits per heavy atom. The van der Waals surface area contributed by atoms with Gasteiger partial charge in [0, 0.05) is 6.07 Å². The minimum absolute atomic E-state index is 0.0128. The molecule has 0 spiro atoms. The largest absolute Gasteiger partial charge is 0.490 e. The molecule has 0 saturated carbocycles. The van der Waals surface area contributed by atoms with Crippen molar-refractivity contribution in [2.75, 3.05) is 6.61 Å². The number of hydrogen-bond donors (Lipinski definition) is 1. The van der Waals surface area contributed by atoms with Crippen molar-refractivity contribution in [1.29, 1.82) is 0 Å². The third-order valence-corrected chi connectivity index (χ3v) is 1.86. The molecule has 0 bridgehead atoms. The number of nitro groups is 1. The van der Waals surface area contributed by atoms with Gasteiger partial charge in [-0.25, -0.2) is 0 Å². The van der Waals surface area contributed by atoms with E-state index in [1.165, 1.54) is 12.1 Å². The fraction of sp³-hybridized carbons (Fsp3) is 0.400. The van der Waals surface area contributed by atoms with E-state index in [1.54, 1.807) is 19.9 Å². The third kappa shape index (κ3) is 3.21. The molecular weight excluding hydrogens is 198 g/mol. The molecule has 0 heterocycles. The van der Waals surface area contributed by atoms with Gasteiger partial charge in [-0.3, -0.25) is 10.1 Å². The van der Waals surface area contributed by atoms with Crippen molar-refractivity contribution >= 4 is 5.69 Å². The number of nitro benzene ring substituents is 1. The molecule has 1 aromatic carbocycles. The normalized spacial score (nSPS) is 12.2. The van der Waals surface area contributed by atoms with Crippen molar-refractivity contribution in [2.24, 2.45) is 0 Å². The molecule has 5 heteroatoms. The van der Waals surface area contributed by atoms with E-state index in [2.05, 4.69) is 0 Å². The number of non-ortho nitro benzene ring substituents is 1. The lowest BCUT2D eigenvalue weighted by Crippen LogP contribution is -2.13. The Hall–Kier alpha value is -1.62. The van der Waals surface area contributed by atoms with Crippen LogP contribution in [-0.2, 0) is 0 Å². The van der Waals surface area contributed by atoms with Gasteiger partial charge in [0.25, 0.3) is 5.69 Å². The van der Waals surface area contributed by atoms with Gasteiger partial charge >= 0.3 is 0 Å². The monoisotopic (exact) mass is 211 g/mol. The molecule has 1 aromatic rings. The molecule has 0 aliphatic carbocycles. The average molecular weight is 211 g/mol. The highest BCUT2D eigenvalue weighted by Crippen LogP contribution is 2.23. The van der Waals surface area contributed by atoms with Gasteiger partial charge in [-0.2, -0.15) is 0 Å². The van der Waals surface area contributed by atoms with Gasteiger partial charge in [-0.05, 0) is 25.5 Å². The summed E-state index contributed by atoms with van der Waals surface area (Å²) in [6.45, 7) is 3.51. The number of rotatable bonds is 4. The maximum atomic E-state index is 10.5. The Bertz CT molecular complexity index is 362. The minimum Gasteiger partial charge on any atom is -0.490 e. The van der Waals surface area contributed by atoms with Gasteiger partial charge in [-0.15, -0.1) is 0 Å². The number of ether oxygens (including phenoxy) is 1. The number of hydrogen-bond acceptors (Lipinski definition) is 4. The van der Waals surface area contributed by atoms with E-state index in [-0.39, 0.29) is 12.3 Å². The summed E-state index contributed by atoms with van der Waals surface area (Å²) >= 11 is 0. The van der Waals surface area contributed by atoms with Crippen LogP contribution in [0.4, 0.5) is 5.69 Å². The second kappa shape index (κ2) is 4.75. The second-order valence-corrected chi connectivity index (χ2v) is 3.37. The molecule has 0 fully saturated rings. The highest BCUT2D eigenvalue weighted by atomic mass is 16.6. The molecular formula is C10H13NO4. The first kappa shape index (κ1) is 11.5. The maximum absolute atomic E-state index is 10.5. The van der Waals surface area contributed by atoms with Crippen molar-refractivity contribution in [3.8, 4) is 5.75 Å². The highest BCUT2D eigenvalue weighted by molar-refractivity contribution is 5.43. The van der Waals surface area contributed by atoms with Gasteiger partial charge in [0.1, 0.15) is 12.4 Å². The predicted molar refractivity (Wildman–Crippen MR) is 55.0 cm³/mol. The van der Waals surface area contributed by atoms with Crippen LogP contribution in [0.1, 0.15) is 12.5 Å². The first-order chi connectivity index (χ1) is 7.00. The van der Waals surface area contributed by atoms with E-state index in [4.69, 9.17) is 9.84 Å². The molecule has 1 atom stereocenters. The number of benzene rings is 1. The summed E-state index contributed by atoms with van der Waals surface area (Å²) in [5.41, 5.74) is 0.794. The summed E-state index contributed by atoms with van der Waals surface area (Å²) in [4.78, 5) is 10.0. The number of aliphatic hydroxyl groups is 1. The summed E-state index contributed by atoms with van der Waals surface area (Å²) in [6.07, 6.45) is -0.594. The van der Waals surface area contributed by atoms with Crippen LogP contribution in [0, 0.1) is 17.0 Å². The van der Waals surface area contributed by atoms with E-state index >= 15 is 0 Å².